The van der Waals surface area contributed by atoms with Gasteiger partial charge in [0.15, 0.2) is 0 Å². The Balaban J connectivity index is 1.95. The number of halogens is 1. The van der Waals surface area contributed by atoms with Gasteiger partial charge in [-0.15, -0.1) is 0 Å². The molecule has 0 spiro atoms. The van der Waals surface area contributed by atoms with E-state index in [0.717, 1.165) is 25.9 Å². The van der Waals surface area contributed by atoms with Gasteiger partial charge in [-0.2, -0.15) is 0 Å². The van der Waals surface area contributed by atoms with E-state index in [4.69, 9.17) is 10.5 Å². The Bertz CT molecular complexity index is 736. The van der Waals surface area contributed by atoms with Crippen LogP contribution in [0.3, 0.4) is 0 Å². The molecule has 1 amide bonds. The summed E-state index contributed by atoms with van der Waals surface area (Å²) >= 11 is 0. The van der Waals surface area contributed by atoms with Gasteiger partial charge in [0, 0.05) is 19.1 Å². The number of carbonyl (C=O) groups excluding carboxylic acids is 2. The van der Waals surface area contributed by atoms with Crippen molar-refractivity contribution in [3.63, 3.8) is 0 Å². The lowest BCUT2D eigenvalue weighted by Gasteiger charge is -2.34. The number of likely N-dealkylation sites (tertiary alicyclic amines) is 1. The number of piperidine rings is 1. The first-order chi connectivity index (χ1) is 14.1. The quantitative estimate of drug-likeness (QED) is 0.558. The Kier molecular flexibility index (Phi) is 8.61. The fourth-order valence-corrected chi connectivity index (χ4v) is 3.24. The predicted octanol–water partition coefficient (Wildman–Crippen LogP) is 2.97. The fourth-order valence-electron chi connectivity index (χ4n) is 3.24. The first-order valence-corrected chi connectivity index (χ1v) is 10.6. The van der Waals surface area contributed by atoms with Gasteiger partial charge in [-0.1, -0.05) is 6.92 Å². The molecule has 0 unspecified atom stereocenters. The lowest BCUT2D eigenvalue weighted by Crippen LogP contribution is -2.44. The molecular formula is C22H35FN4O3. The minimum atomic E-state index is -0.608. The first-order valence-electron chi connectivity index (χ1n) is 10.6. The summed E-state index contributed by atoms with van der Waals surface area (Å²) in [5, 5.41) is 6.15. The largest absolute Gasteiger partial charge is 0.464 e. The monoisotopic (exact) mass is 422 g/mol. The number of hydrogen-bond acceptors (Lipinski definition) is 6. The molecule has 8 heteroatoms. The van der Waals surface area contributed by atoms with E-state index in [-0.39, 0.29) is 23.7 Å². The number of nitrogens with one attached hydrogen (secondary N) is 2. The third-order valence-electron chi connectivity index (χ3n) is 5.13. The van der Waals surface area contributed by atoms with E-state index in [2.05, 4.69) is 15.5 Å². The van der Waals surface area contributed by atoms with E-state index < -0.39 is 11.5 Å². The van der Waals surface area contributed by atoms with Gasteiger partial charge in [0.25, 0.3) is 0 Å². The maximum Gasteiger partial charge on any atom is 0.311 e. The maximum atomic E-state index is 13.8. The maximum absolute atomic E-state index is 13.8. The van der Waals surface area contributed by atoms with E-state index in [1.54, 1.807) is 6.07 Å². The van der Waals surface area contributed by atoms with Gasteiger partial charge < -0.3 is 21.1 Å². The highest BCUT2D eigenvalue weighted by molar-refractivity contribution is 5.97. The fraction of sp³-hybridized carbons (Fsp3) is 0.636. The summed E-state index contributed by atoms with van der Waals surface area (Å²) in [5.41, 5.74) is 6.34. The number of nitrogens with two attached hydrogens (primary N) is 1. The number of ether oxygens (including phenoxy) is 1. The number of nitrogens with zero attached hydrogens (tertiary/aromatic N) is 1. The Morgan fingerprint density at radius 3 is 2.73 bits per heavy atom. The van der Waals surface area contributed by atoms with E-state index in [1.807, 2.05) is 27.7 Å². The molecule has 1 aliphatic heterocycles. The molecule has 0 aromatic heterocycles. The van der Waals surface area contributed by atoms with Gasteiger partial charge in [-0.25, -0.2) is 4.39 Å². The van der Waals surface area contributed by atoms with Crippen molar-refractivity contribution >= 4 is 23.3 Å². The van der Waals surface area contributed by atoms with Crippen LogP contribution in [0.4, 0.5) is 15.8 Å². The van der Waals surface area contributed by atoms with Crippen LogP contribution in [0.5, 0.6) is 0 Å². The molecule has 168 valence electrons. The van der Waals surface area contributed by atoms with Crippen LogP contribution in [0, 0.1) is 11.2 Å². The van der Waals surface area contributed by atoms with Crippen LogP contribution in [0.1, 0.15) is 47.0 Å². The molecule has 0 radical (unpaired) electrons. The molecule has 30 heavy (non-hydrogen) atoms. The summed E-state index contributed by atoms with van der Waals surface area (Å²) < 4.78 is 19.2. The minimum absolute atomic E-state index is 0.0920. The van der Waals surface area contributed by atoms with Crippen molar-refractivity contribution in [2.45, 2.75) is 59.0 Å². The lowest BCUT2D eigenvalue weighted by molar-refractivity contribution is -0.153. The predicted molar refractivity (Wildman–Crippen MR) is 117 cm³/mol. The molecule has 1 aromatic rings. The van der Waals surface area contributed by atoms with Crippen molar-refractivity contribution in [2.24, 2.45) is 11.1 Å². The Hall–Kier alpha value is -2.19. The highest BCUT2D eigenvalue weighted by Gasteiger charge is 2.25. The highest BCUT2D eigenvalue weighted by atomic mass is 19.1. The van der Waals surface area contributed by atoms with Crippen molar-refractivity contribution < 1.29 is 18.7 Å². The lowest BCUT2D eigenvalue weighted by atomic mass is 9.97. The van der Waals surface area contributed by atoms with Crippen LogP contribution in [0.2, 0.25) is 0 Å². The molecule has 1 fully saturated rings. The number of amides is 1. The topological polar surface area (TPSA) is 96.7 Å². The normalized spacial score (nSPS) is 18.5. The van der Waals surface area contributed by atoms with E-state index in [1.165, 1.54) is 12.1 Å². The summed E-state index contributed by atoms with van der Waals surface area (Å²) in [5.74, 6) is -0.880. The molecule has 0 bridgehead atoms. The van der Waals surface area contributed by atoms with Crippen molar-refractivity contribution in [3.05, 3.63) is 24.0 Å². The Labute approximate surface area is 178 Å². The second-order valence-electron chi connectivity index (χ2n) is 8.86. The zero-order chi connectivity index (χ0) is 22.3. The zero-order valence-corrected chi connectivity index (χ0v) is 18.5. The number of benzene rings is 1. The smallest absolute Gasteiger partial charge is 0.311 e. The summed E-state index contributed by atoms with van der Waals surface area (Å²) in [6.45, 7) is 9.99. The van der Waals surface area contributed by atoms with Crippen LogP contribution in [0.25, 0.3) is 0 Å². The van der Waals surface area contributed by atoms with Gasteiger partial charge in [-0.3, -0.25) is 14.5 Å². The average molecular weight is 423 g/mol. The second-order valence-corrected chi connectivity index (χ2v) is 8.86. The Morgan fingerprint density at radius 2 is 2.07 bits per heavy atom. The van der Waals surface area contributed by atoms with Crippen molar-refractivity contribution in [1.82, 2.24) is 4.90 Å². The van der Waals surface area contributed by atoms with Crippen molar-refractivity contribution in [2.75, 3.05) is 36.9 Å². The van der Waals surface area contributed by atoms with Gasteiger partial charge in [0.1, 0.15) is 12.4 Å². The van der Waals surface area contributed by atoms with Crippen LogP contribution >= 0.6 is 0 Å². The SMILES string of the molecule is CC[C@H](N)C(=O)Nc1ccc(F)cc1N[C@@H]1CCCN(CCOC(=O)C(C)(C)C)C1. The summed E-state index contributed by atoms with van der Waals surface area (Å²) in [6, 6.07) is 3.73. The average Bonchev–Trinajstić information content (AvgIpc) is 2.68. The van der Waals surface area contributed by atoms with Crippen LogP contribution in [-0.2, 0) is 14.3 Å². The highest BCUT2D eigenvalue weighted by Crippen LogP contribution is 2.26. The molecule has 1 heterocycles. The van der Waals surface area contributed by atoms with Gasteiger partial charge in [0.2, 0.25) is 5.91 Å². The number of hydrogen-bond donors (Lipinski definition) is 3. The first kappa shape index (κ1) is 24.1. The van der Waals surface area contributed by atoms with Crippen LogP contribution < -0.4 is 16.4 Å². The zero-order valence-electron chi connectivity index (χ0n) is 18.5. The summed E-state index contributed by atoms with van der Waals surface area (Å²) in [7, 11) is 0. The van der Waals surface area contributed by atoms with Gasteiger partial charge >= 0.3 is 5.97 Å². The molecule has 1 aliphatic rings. The number of anilines is 2. The molecule has 0 saturated carbocycles. The van der Waals surface area contributed by atoms with E-state index >= 15 is 0 Å². The Morgan fingerprint density at radius 1 is 1.33 bits per heavy atom. The second kappa shape index (κ2) is 10.7. The molecular weight excluding hydrogens is 387 g/mol. The van der Waals surface area contributed by atoms with Crippen molar-refractivity contribution in [1.29, 1.82) is 0 Å². The number of carbonyl (C=O) groups is 2. The van der Waals surface area contributed by atoms with Gasteiger partial charge in [-0.05, 0) is 64.8 Å². The van der Waals surface area contributed by atoms with E-state index in [9.17, 15) is 14.0 Å². The standard InChI is InChI=1S/C22H35FN4O3/c1-5-17(24)20(28)26-18-9-8-15(23)13-19(18)25-16-7-6-10-27(14-16)11-12-30-21(29)22(2,3)4/h8-9,13,16-17,25H,5-7,10-12,14,24H2,1-4H3,(H,26,28)/t16-,17+/m1/s1. The molecule has 1 saturated heterocycles. The minimum Gasteiger partial charge on any atom is -0.464 e. The van der Waals surface area contributed by atoms with Crippen LogP contribution in [0.15, 0.2) is 18.2 Å². The van der Waals surface area contributed by atoms with Gasteiger partial charge in [0.05, 0.1) is 22.8 Å². The summed E-state index contributed by atoms with van der Waals surface area (Å²) in [6.07, 6.45) is 2.42. The number of rotatable bonds is 8. The third-order valence-corrected chi connectivity index (χ3v) is 5.13. The van der Waals surface area contributed by atoms with E-state index in [0.29, 0.717) is 30.9 Å². The van der Waals surface area contributed by atoms with Crippen molar-refractivity contribution in [3.8, 4) is 0 Å². The van der Waals surface area contributed by atoms with Crippen LogP contribution in [-0.4, -0.2) is 55.1 Å². The molecule has 2 rings (SSSR count). The number of esters is 1. The molecule has 7 nitrogen and oxygen atoms in total. The molecule has 1 aromatic carbocycles. The molecule has 0 aliphatic carbocycles. The molecule has 4 N–H and O–H groups in total. The third kappa shape index (κ3) is 7.25. The summed E-state index contributed by atoms with van der Waals surface area (Å²) in [4.78, 5) is 26.3. The molecule has 2 atom stereocenters.